The second-order valence-electron chi connectivity index (χ2n) is 3.82. The molecular weight excluding hydrogens is 270 g/mol. The lowest BCUT2D eigenvalue weighted by atomic mass is 10.2. The molecule has 20 heavy (non-hydrogen) atoms. The Hall–Kier alpha value is -2.60. The molecule has 0 atom stereocenters. The van der Waals surface area contributed by atoms with Crippen LogP contribution in [0.1, 0.15) is 20.1 Å². The highest BCUT2D eigenvalue weighted by molar-refractivity contribution is 7.14. The number of hydrogen-bond donors (Lipinski definition) is 2. The maximum Gasteiger partial charge on any atom is 0.265 e. The van der Waals surface area contributed by atoms with Gasteiger partial charge in [-0.3, -0.25) is 4.79 Å². The number of carbonyl (C=O) groups is 1. The number of nitriles is 1. The van der Waals surface area contributed by atoms with Gasteiger partial charge in [-0.2, -0.15) is 5.26 Å². The molecule has 0 unspecified atom stereocenters. The molecular formula is C15H11N3OS. The van der Waals surface area contributed by atoms with E-state index in [1.54, 1.807) is 36.4 Å². The third kappa shape index (κ3) is 3.46. The van der Waals surface area contributed by atoms with E-state index >= 15 is 0 Å². The van der Waals surface area contributed by atoms with Crippen molar-refractivity contribution in [3.05, 3.63) is 51.7 Å². The van der Waals surface area contributed by atoms with Crippen LogP contribution < -0.4 is 11.1 Å². The first-order valence-corrected chi connectivity index (χ1v) is 6.65. The molecule has 0 spiro atoms. The quantitative estimate of drug-likeness (QED) is 0.828. The molecule has 1 aromatic heterocycles. The Morgan fingerprint density at radius 1 is 1.35 bits per heavy atom. The Morgan fingerprint density at radius 3 is 2.95 bits per heavy atom. The first-order chi connectivity index (χ1) is 9.72. The van der Waals surface area contributed by atoms with E-state index in [1.807, 2.05) is 6.07 Å². The predicted octanol–water partition coefficient (Wildman–Crippen LogP) is 2.18. The van der Waals surface area contributed by atoms with Crippen LogP contribution in [0.25, 0.3) is 0 Å². The van der Waals surface area contributed by atoms with E-state index in [0.29, 0.717) is 22.7 Å². The fourth-order valence-corrected chi connectivity index (χ4v) is 2.30. The fraction of sp³-hybridized carbons (Fsp3) is 0.0667. The molecule has 4 nitrogen and oxygen atoms in total. The molecule has 3 N–H and O–H groups in total. The molecule has 2 rings (SSSR count). The molecule has 0 aliphatic heterocycles. The highest BCUT2D eigenvalue weighted by atomic mass is 32.1. The van der Waals surface area contributed by atoms with Gasteiger partial charge < -0.3 is 11.1 Å². The van der Waals surface area contributed by atoms with E-state index in [9.17, 15) is 4.79 Å². The number of carbonyl (C=O) groups excluding carboxylic acids is 1. The van der Waals surface area contributed by atoms with Crippen molar-refractivity contribution in [3.8, 4) is 17.9 Å². The van der Waals surface area contributed by atoms with Gasteiger partial charge in [0.05, 0.1) is 27.9 Å². The van der Waals surface area contributed by atoms with E-state index in [-0.39, 0.29) is 5.91 Å². The largest absolute Gasteiger partial charge is 0.321 e. The van der Waals surface area contributed by atoms with Gasteiger partial charge in [-0.1, -0.05) is 17.9 Å². The van der Waals surface area contributed by atoms with Crippen LogP contribution in [-0.4, -0.2) is 12.5 Å². The van der Waals surface area contributed by atoms with Crippen LogP contribution in [0.5, 0.6) is 0 Å². The summed E-state index contributed by atoms with van der Waals surface area (Å²) in [6, 6.07) is 12.3. The van der Waals surface area contributed by atoms with Crippen LogP contribution in [0.3, 0.4) is 0 Å². The van der Waals surface area contributed by atoms with Crippen LogP contribution >= 0.6 is 11.3 Å². The zero-order valence-electron chi connectivity index (χ0n) is 10.5. The Bertz CT molecular complexity index is 731. The van der Waals surface area contributed by atoms with E-state index < -0.39 is 0 Å². The summed E-state index contributed by atoms with van der Waals surface area (Å²) in [4.78, 5) is 13.4. The van der Waals surface area contributed by atoms with Crippen molar-refractivity contribution in [1.82, 2.24) is 0 Å². The number of amides is 1. The van der Waals surface area contributed by atoms with Crippen LogP contribution in [0.2, 0.25) is 0 Å². The zero-order chi connectivity index (χ0) is 14.4. The lowest BCUT2D eigenvalue weighted by Crippen LogP contribution is -2.09. The van der Waals surface area contributed by atoms with E-state index in [2.05, 4.69) is 17.2 Å². The minimum Gasteiger partial charge on any atom is -0.321 e. The van der Waals surface area contributed by atoms with Crippen molar-refractivity contribution >= 4 is 22.9 Å². The van der Waals surface area contributed by atoms with Gasteiger partial charge >= 0.3 is 0 Å². The SMILES string of the molecule is N#Cc1cccc(NC(=O)c2ccc(C#CCN)s2)c1. The summed E-state index contributed by atoms with van der Waals surface area (Å²) in [6.45, 7) is 0.292. The van der Waals surface area contributed by atoms with Gasteiger partial charge in [-0.05, 0) is 30.3 Å². The summed E-state index contributed by atoms with van der Waals surface area (Å²) in [7, 11) is 0. The predicted molar refractivity (Wildman–Crippen MR) is 79.4 cm³/mol. The number of rotatable bonds is 2. The second kappa shape index (κ2) is 6.53. The first-order valence-electron chi connectivity index (χ1n) is 5.83. The van der Waals surface area contributed by atoms with Gasteiger partial charge in [0, 0.05) is 5.69 Å². The molecule has 5 heteroatoms. The molecule has 0 aliphatic rings. The summed E-state index contributed by atoms with van der Waals surface area (Å²) in [5.41, 5.74) is 6.40. The highest BCUT2D eigenvalue weighted by Crippen LogP contribution is 2.18. The number of nitrogens with one attached hydrogen (secondary N) is 1. The number of anilines is 1. The number of benzene rings is 1. The molecule has 1 heterocycles. The number of nitrogens with two attached hydrogens (primary N) is 1. The van der Waals surface area contributed by atoms with Gasteiger partial charge in [-0.25, -0.2) is 0 Å². The normalized spacial score (nSPS) is 9.20. The van der Waals surface area contributed by atoms with Crippen LogP contribution in [-0.2, 0) is 0 Å². The van der Waals surface area contributed by atoms with E-state index in [1.165, 1.54) is 11.3 Å². The standard InChI is InChI=1S/C15H11N3OS/c16-8-2-5-13-6-7-14(20-13)15(19)18-12-4-1-3-11(9-12)10-17/h1,3-4,6-7,9H,8,16H2,(H,18,19). The third-order valence-corrected chi connectivity index (χ3v) is 3.39. The molecule has 1 amide bonds. The summed E-state index contributed by atoms with van der Waals surface area (Å²) in [6.07, 6.45) is 0. The third-order valence-electron chi connectivity index (χ3n) is 2.39. The summed E-state index contributed by atoms with van der Waals surface area (Å²) in [5.74, 6) is 5.41. The van der Waals surface area contributed by atoms with Crippen molar-refractivity contribution < 1.29 is 4.79 Å². The van der Waals surface area contributed by atoms with Crippen molar-refractivity contribution in [1.29, 1.82) is 5.26 Å². The van der Waals surface area contributed by atoms with Crippen LogP contribution in [0.4, 0.5) is 5.69 Å². The summed E-state index contributed by atoms with van der Waals surface area (Å²) in [5, 5.41) is 11.6. The molecule has 0 saturated heterocycles. The minimum absolute atomic E-state index is 0.217. The maximum absolute atomic E-state index is 12.0. The first kappa shape index (κ1) is 13.8. The maximum atomic E-state index is 12.0. The molecule has 0 bridgehead atoms. The van der Waals surface area contributed by atoms with E-state index in [0.717, 1.165) is 4.88 Å². The average molecular weight is 281 g/mol. The monoisotopic (exact) mass is 281 g/mol. The number of hydrogen-bond acceptors (Lipinski definition) is 4. The fourth-order valence-electron chi connectivity index (χ4n) is 1.52. The molecule has 0 aliphatic carbocycles. The smallest absolute Gasteiger partial charge is 0.265 e. The van der Waals surface area contributed by atoms with Crippen molar-refractivity contribution in [2.24, 2.45) is 5.73 Å². The molecule has 0 fully saturated rings. The molecule has 0 radical (unpaired) electrons. The minimum atomic E-state index is -0.217. The lowest BCUT2D eigenvalue weighted by Gasteiger charge is -2.03. The van der Waals surface area contributed by atoms with Gasteiger partial charge in [0.1, 0.15) is 0 Å². The Balaban J connectivity index is 2.12. The van der Waals surface area contributed by atoms with E-state index in [4.69, 9.17) is 11.0 Å². The molecule has 98 valence electrons. The summed E-state index contributed by atoms with van der Waals surface area (Å²) >= 11 is 1.30. The van der Waals surface area contributed by atoms with Crippen molar-refractivity contribution in [3.63, 3.8) is 0 Å². The highest BCUT2D eigenvalue weighted by Gasteiger charge is 2.09. The van der Waals surface area contributed by atoms with Crippen LogP contribution in [0.15, 0.2) is 36.4 Å². The Labute approximate surface area is 120 Å². The van der Waals surface area contributed by atoms with Crippen molar-refractivity contribution in [2.75, 3.05) is 11.9 Å². The van der Waals surface area contributed by atoms with Crippen molar-refractivity contribution in [2.45, 2.75) is 0 Å². The van der Waals surface area contributed by atoms with Gasteiger partial charge in [0.15, 0.2) is 0 Å². The average Bonchev–Trinajstić information content (AvgIpc) is 2.94. The molecule has 1 aromatic carbocycles. The van der Waals surface area contributed by atoms with Gasteiger partial charge in [0.2, 0.25) is 0 Å². The second-order valence-corrected chi connectivity index (χ2v) is 4.90. The van der Waals surface area contributed by atoms with Gasteiger partial charge in [0.25, 0.3) is 5.91 Å². The van der Waals surface area contributed by atoms with Crippen LogP contribution in [0, 0.1) is 23.2 Å². The number of nitrogens with zero attached hydrogens (tertiary/aromatic N) is 1. The molecule has 2 aromatic rings. The molecule has 0 saturated carbocycles. The topological polar surface area (TPSA) is 78.9 Å². The summed E-state index contributed by atoms with van der Waals surface area (Å²) < 4.78 is 0. The van der Waals surface area contributed by atoms with Gasteiger partial charge in [-0.15, -0.1) is 11.3 Å². The Morgan fingerprint density at radius 2 is 2.20 bits per heavy atom. The zero-order valence-corrected chi connectivity index (χ0v) is 11.3. The Kier molecular flexibility index (Phi) is 4.52. The number of thiophene rings is 1. The lowest BCUT2D eigenvalue weighted by molar-refractivity contribution is 0.103.